The number of benzene rings is 3. The van der Waals surface area contributed by atoms with E-state index in [4.69, 9.17) is 9.47 Å². The van der Waals surface area contributed by atoms with E-state index in [0.717, 1.165) is 29.5 Å². The molecule has 0 aromatic heterocycles. The molecule has 0 spiro atoms. The second-order valence-corrected chi connectivity index (χ2v) is 8.51. The molecular weight excluding hydrogens is 423 g/mol. The highest BCUT2D eigenvalue weighted by Gasteiger charge is 2.51. The van der Waals surface area contributed by atoms with E-state index in [0.29, 0.717) is 22.7 Å². The van der Waals surface area contributed by atoms with Crippen molar-refractivity contribution in [3.05, 3.63) is 71.5 Å². The predicted octanol–water partition coefficient (Wildman–Crippen LogP) is 5.40. The van der Waals surface area contributed by atoms with Crippen molar-refractivity contribution in [3.8, 4) is 22.6 Å². The quantitative estimate of drug-likeness (QED) is 0.548. The lowest BCUT2D eigenvalue weighted by atomic mass is 9.94. The summed E-state index contributed by atoms with van der Waals surface area (Å²) in [5.41, 5.74) is 3.50. The van der Waals surface area contributed by atoms with Crippen LogP contribution in [0.1, 0.15) is 32.3 Å². The first-order chi connectivity index (χ1) is 15.9. The number of anilines is 2. The minimum Gasteiger partial charge on any atom is -0.454 e. The normalized spacial score (nSPS) is 15.1. The van der Waals surface area contributed by atoms with Crippen LogP contribution in [-0.2, 0) is 15.0 Å². The summed E-state index contributed by atoms with van der Waals surface area (Å²) in [7, 11) is 0. The number of fused-ring (bicyclic) bond motifs is 1. The van der Waals surface area contributed by atoms with Crippen molar-refractivity contribution in [2.45, 2.75) is 32.1 Å². The van der Waals surface area contributed by atoms with E-state index in [-0.39, 0.29) is 25.7 Å². The first-order valence-corrected chi connectivity index (χ1v) is 10.8. The molecule has 0 unspecified atom stereocenters. The van der Waals surface area contributed by atoms with Crippen LogP contribution >= 0.6 is 0 Å². The third-order valence-electron chi connectivity index (χ3n) is 6.20. The largest absolute Gasteiger partial charge is 0.454 e. The summed E-state index contributed by atoms with van der Waals surface area (Å²) in [6, 6.07) is 15.9. The van der Waals surface area contributed by atoms with Gasteiger partial charge in [-0.3, -0.25) is 9.59 Å². The van der Waals surface area contributed by atoms with Crippen LogP contribution in [0.25, 0.3) is 11.1 Å². The van der Waals surface area contributed by atoms with Gasteiger partial charge in [0.2, 0.25) is 18.6 Å². The zero-order valence-electron chi connectivity index (χ0n) is 18.3. The molecule has 0 radical (unpaired) electrons. The molecule has 3 aromatic rings. The molecule has 170 valence electrons. The Balaban J connectivity index is 0.00000274. The van der Waals surface area contributed by atoms with Gasteiger partial charge in [0.25, 0.3) is 0 Å². The van der Waals surface area contributed by atoms with Crippen LogP contribution in [0.3, 0.4) is 0 Å². The van der Waals surface area contributed by atoms with E-state index in [2.05, 4.69) is 10.6 Å². The van der Waals surface area contributed by atoms with Gasteiger partial charge < -0.3 is 20.1 Å². The lowest BCUT2D eigenvalue weighted by molar-refractivity contribution is -0.118. The Morgan fingerprint density at radius 3 is 2.48 bits per heavy atom. The molecule has 3 aromatic carbocycles. The first-order valence-electron chi connectivity index (χ1n) is 10.8. The molecule has 0 atom stereocenters. The third-order valence-corrected chi connectivity index (χ3v) is 6.20. The number of hydrogen-bond donors (Lipinski definition) is 2. The van der Waals surface area contributed by atoms with Crippen LogP contribution in [0.2, 0.25) is 0 Å². The lowest BCUT2D eigenvalue weighted by Gasteiger charge is -2.17. The summed E-state index contributed by atoms with van der Waals surface area (Å²) in [4.78, 5) is 24.5. The summed E-state index contributed by atoms with van der Waals surface area (Å²) in [5.74, 6) is 0.419. The number of nitrogens with one attached hydrogen (secondary N) is 2. The number of hydrogen-bond acceptors (Lipinski definition) is 4. The standard InChI is InChI=1S/C26H23FN2O4.H2/c1-15-3-6-19(13-20(15)17-4-7-22(21(27)11-17)28-16(2)30)29-25(31)26(9-10-26)18-5-8-23-24(12-18)33-14-32-23;/h3-8,11-13H,9-10,14H2,1-2H3,(H,28,30)(H,29,31);1H. The fourth-order valence-corrected chi connectivity index (χ4v) is 4.20. The van der Waals surface area contributed by atoms with Crippen LogP contribution in [0.15, 0.2) is 54.6 Å². The number of amides is 2. The van der Waals surface area contributed by atoms with E-state index in [1.165, 1.54) is 19.1 Å². The molecule has 1 saturated carbocycles. The fourth-order valence-electron chi connectivity index (χ4n) is 4.20. The van der Waals surface area contributed by atoms with Crippen molar-refractivity contribution in [2.75, 3.05) is 17.4 Å². The Morgan fingerprint density at radius 1 is 0.970 bits per heavy atom. The van der Waals surface area contributed by atoms with Crippen LogP contribution in [0.5, 0.6) is 11.5 Å². The number of rotatable bonds is 5. The molecule has 33 heavy (non-hydrogen) atoms. The Bertz CT molecular complexity index is 1290. The zero-order chi connectivity index (χ0) is 23.2. The summed E-state index contributed by atoms with van der Waals surface area (Å²) in [6.45, 7) is 3.45. The van der Waals surface area contributed by atoms with E-state index in [1.54, 1.807) is 6.07 Å². The Morgan fingerprint density at radius 2 is 1.76 bits per heavy atom. The van der Waals surface area contributed by atoms with Crippen molar-refractivity contribution >= 4 is 23.2 Å². The molecule has 0 bridgehead atoms. The van der Waals surface area contributed by atoms with Gasteiger partial charge in [-0.05, 0) is 78.4 Å². The summed E-state index contributed by atoms with van der Waals surface area (Å²) in [5, 5.41) is 5.51. The second-order valence-electron chi connectivity index (χ2n) is 8.51. The third kappa shape index (κ3) is 3.91. The maximum Gasteiger partial charge on any atom is 0.235 e. The smallest absolute Gasteiger partial charge is 0.235 e. The van der Waals surface area contributed by atoms with Gasteiger partial charge in [0, 0.05) is 14.0 Å². The van der Waals surface area contributed by atoms with Gasteiger partial charge in [0.1, 0.15) is 5.82 Å². The predicted molar refractivity (Wildman–Crippen MR) is 125 cm³/mol. The van der Waals surface area contributed by atoms with Gasteiger partial charge in [-0.1, -0.05) is 18.2 Å². The van der Waals surface area contributed by atoms with Gasteiger partial charge in [0.15, 0.2) is 11.5 Å². The molecule has 1 aliphatic heterocycles. The first kappa shape index (κ1) is 21.0. The molecular formula is C26H25FN2O4. The Kier molecular flexibility index (Phi) is 5.04. The Hall–Kier alpha value is -3.87. The van der Waals surface area contributed by atoms with Crippen molar-refractivity contribution in [1.29, 1.82) is 0 Å². The number of carbonyl (C=O) groups is 2. The average molecular weight is 448 g/mol. The fraction of sp³-hybridized carbons (Fsp3) is 0.231. The highest BCUT2D eigenvalue weighted by atomic mass is 19.1. The molecule has 0 saturated heterocycles. The van der Waals surface area contributed by atoms with Gasteiger partial charge in [-0.2, -0.15) is 0 Å². The van der Waals surface area contributed by atoms with E-state index in [1.807, 2.05) is 43.3 Å². The number of aryl methyl sites for hydroxylation is 1. The number of halogens is 1. The maximum absolute atomic E-state index is 14.5. The molecule has 1 heterocycles. The van der Waals surface area contributed by atoms with Crippen molar-refractivity contribution < 1.29 is 24.9 Å². The monoisotopic (exact) mass is 448 g/mol. The van der Waals surface area contributed by atoms with Crippen molar-refractivity contribution in [2.24, 2.45) is 0 Å². The van der Waals surface area contributed by atoms with Gasteiger partial charge in [-0.15, -0.1) is 0 Å². The highest BCUT2D eigenvalue weighted by molar-refractivity contribution is 6.02. The topological polar surface area (TPSA) is 76.7 Å². The van der Waals surface area contributed by atoms with E-state index < -0.39 is 11.2 Å². The summed E-state index contributed by atoms with van der Waals surface area (Å²) < 4.78 is 25.3. The van der Waals surface area contributed by atoms with Crippen molar-refractivity contribution in [1.82, 2.24) is 0 Å². The van der Waals surface area contributed by atoms with Gasteiger partial charge in [-0.25, -0.2) is 4.39 Å². The molecule has 2 amide bonds. The minimum absolute atomic E-state index is 0. The Labute approximate surface area is 192 Å². The average Bonchev–Trinajstić information content (AvgIpc) is 3.47. The van der Waals surface area contributed by atoms with Gasteiger partial charge >= 0.3 is 0 Å². The van der Waals surface area contributed by atoms with E-state index >= 15 is 0 Å². The molecule has 1 fully saturated rings. The molecule has 1 aliphatic carbocycles. The molecule has 2 aliphatic rings. The summed E-state index contributed by atoms with van der Waals surface area (Å²) in [6.07, 6.45) is 1.51. The zero-order valence-corrected chi connectivity index (χ0v) is 18.3. The van der Waals surface area contributed by atoms with Crippen LogP contribution < -0.4 is 20.1 Å². The van der Waals surface area contributed by atoms with Crippen LogP contribution in [-0.4, -0.2) is 18.6 Å². The molecule has 2 N–H and O–H groups in total. The van der Waals surface area contributed by atoms with Crippen LogP contribution in [0, 0.1) is 12.7 Å². The lowest BCUT2D eigenvalue weighted by Crippen LogP contribution is -2.27. The number of carbonyl (C=O) groups excluding carboxylic acids is 2. The highest BCUT2D eigenvalue weighted by Crippen LogP contribution is 2.51. The SMILES string of the molecule is CC(=O)Nc1ccc(-c2cc(NC(=O)C3(c4ccc5c(c4)OCO5)CC3)ccc2C)cc1F.[HH]. The van der Waals surface area contributed by atoms with Crippen LogP contribution in [0.4, 0.5) is 15.8 Å². The summed E-state index contributed by atoms with van der Waals surface area (Å²) >= 11 is 0. The van der Waals surface area contributed by atoms with Crippen molar-refractivity contribution in [3.63, 3.8) is 0 Å². The van der Waals surface area contributed by atoms with Gasteiger partial charge in [0.05, 0.1) is 11.1 Å². The number of ether oxygens (including phenoxy) is 2. The second kappa shape index (κ2) is 7.92. The minimum atomic E-state index is -0.585. The molecule has 5 rings (SSSR count). The van der Waals surface area contributed by atoms with E-state index in [9.17, 15) is 14.0 Å². The molecule has 6 nitrogen and oxygen atoms in total. The molecule has 7 heteroatoms. The maximum atomic E-state index is 14.5.